The molecular weight excluding hydrogens is 244 g/mol. The number of carbonyl (C=O) groups is 1. The zero-order valence-corrected chi connectivity index (χ0v) is 9.03. The fourth-order valence-electron chi connectivity index (χ4n) is 1.68. The van der Waals surface area contributed by atoms with E-state index in [9.17, 15) is 25.0 Å². The molecule has 1 aliphatic rings. The lowest BCUT2D eigenvalue weighted by Gasteiger charge is -2.14. The Morgan fingerprint density at radius 1 is 1.22 bits per heavy atom. The van der Waals surface area contributed by atoms with E-state index in [-0.39, 0.29) is 36.2 Å². The van der Waals surface area contributed by atoms with Crippen LogP contribution in [0, 0.1) is 20.2 Å². The molecule has 0 atom stereocenters. The molecule has 1 heterocycles. The van der Waals surface area contributed by atoms with Crippen molar-refractivity contribution in [1.29, 1.82) is 0 Å². The van der Waals surface area contributed by atoms with Gasteiger partial charge in [-0.15, -0.1) is 0 Å². The highest BCUT2D eigenvalue weighted by molar-refractivity contribution is 5.86. The van der Waals surface area contributed by atoms with Gasteiger partial charge in [0.05, 0.1) is 29.1 Å². The first kappa shape index (κ1) is 11.8. The molecule has 1 aromatic rings. The normalized spacial score (nSPS) is 14.4. The predicted molar refractivity (Wildman–Crippen MR) is 60.1 cm³/mol. The van der Waals surface area contributed by atoms with Gasteiger partial charge in [-0.25, -0.2) is 0 Å². The number of hydrogen-bond donors (Lipinski definition) is 1. The lowest BCUT2D eigenvalue weighted by molar-refractivity contribution is -0.393. The van der Waals surface area contributed by atoms with Gasteiger partial charge in [0.1, 0.15) is 5.69 Å². The molecule has 0 bridgehead atoms. The van der Waals surface area contributed by atoms with Gasteiger partial charge in [0.2, 0.25) is 5.91 Å². The third-order valence-electron chi connectivity index (χ3n) is 2.51. The van der Waals surface area contributed by atoms with Crippen molar-refractivity contribution < 1.29 is 14.6 Å². The van der Waals surface area contributed by atoms with E-state index >= 15 is 0 Å². The Bertz CT molecular complexity index is 544. The summed E-state index contributed by atoms with van der Waals surface area (Å²) in [5.74, 6) is -0.248. The second-order valence-corrected chi connectivity index (χ2v) is 3.64. The van der Waals surface area contributed by atoms with E-state index < -0.39 is 9.85 Å². The summed E-state index contributed by atoms with van der Waals surface area (Å²) < 4.78 is 0. The Morgan fingerprint density at radius 2 is 1.94 bits per heavy atom. The summed E-state index contributed by atoms with van der Waals surface area (Å²) in [6.45, 7) is 0.149. The van der Waals surface area contributed by atoms with Gasteiger partial charge in [-0.1, -0.05) is 0 Å². The minimum Gasteiger partial charge on any atom is -0.339 e. The van der Waals surface area contributed by atoms with Gasteiger partial charge in [0, 0.05) is 6.07 Å². The van der Waals surface area contributed by atoms with Gasteiger partial charge in [-0.05, 0) is 6.07 Å². The minimum absolute atomic E-state index is 0.00134. The summed E-state index contributed by atoms with van der Waals surface area (Å²) in [6, 6.07) is 3.33. The van der Waals surface area contributed by atoms with Gasteiger partial charge in [-0.3, -0.25) is 25.0 Å². The highest BCUT2D eigenvalue weighted by Gasteiger charge is 2.27. The van der Waals surface area contributed by atoms with Crippen LogP contribution in [0.5, 0.6) is 0 Å². The average Bonchev–Trinajstić information content (AvgIpc) is 2.74. The smallest absolute Gasteiger partial charge is 0.299 e. The van der Waals surface area contributed by atoms with Crippen molar-refractivity contribution in [2.45, 2.75) is 0 Å². The Labute approximate surface area is 100 Å². The second kappa shape index (κ2) is 4.28. The second-order valence-electron chi connectivity index (χ2n) is 3.64. The molecule has 2 rings (SSSR count). The van der Waals surface area contributed by atoms with Crippen molar-refractivity contribution in [3.05, 3.63) is 38.4 Å². The molecule has 1 amide bonds. The van der Waals surface area contributed by atoms with Crippen LogP contribution in [0.1, 0.15) is 0 Å². The average molecular weight is 252 g/mol. The Morgan fingerprint density at radius 3 is 2.44 bits per heavy atom. The molecule has 9 heteroatoms. The van der Waals surface area contributed by atoms with Gasteiger partial charge in [-0.2, -0.15) is 0 Å². The highest BCUT2D eigenvalue weighted by atomic mass is 16.6. The third kappa shape index (κ3) is 2.05. The fourth-order valence-corrected chi connectivity index (χ4v) is 1.68. The number of hydrogen-bond acceptors (Lipinski definition) is 6. The van der Waals surface area contributed by atoms with Crippen LogP contribution in [0.15, 0.2) is 18.2 Å². The van der Waals surface area contributed by atoms with Crippen molar-refractivity contribution in [3.63, 3.8) is 0 Å². The molecule has 9 nitrogen and oxygen atoms in total. The lowest BCUT2D eigenvalue weighted by atomic mass is 10.2. The van der Waals surface area contributed by atoms with E-state index in [2.05, 4.69) is 5.32 Å². The van der Waals surface area contributed by atoms with Gasteiger partial charge < -0.3 is 10.2 Å². The molecule has 1 aliphatic heterocycles. The number of carbonyl (C=O) groups excluding carboxylic acids is 1. The van der Waals surface area contributed by atoms with Crippen LogP contribution in [-0.4, -0.2) is 29.0 Å². The Balaban J connectivity index is 2.44. The number of rotatable bonds is 3. The number of nitro groups is 2. The number of nitrogens with zero attached hydrogens (tertiary/aromatic N) is 3. The van der Waals surface area contributed by atoms with E-state index in [1.165, 1.54) is 17.0 Å². The topological polar surface area (TPSA) is 119 Å². The van der Waals surface area contributed by atoms with Crippen molar-refractivity contribution in [2.24, 2.45) is 0 Å². The monoisotopic (exact) mass is 252 g/mol. The molecule has 94 valence electrons. The van der Waals surface area contributed by atoms with Gasteiger partial charge in [0.25, 0.3) is 11.4 Å². The Hall–Kier alpha value is -2.71. The van der Waals surface area contributed by atoms with Crippen LogP contribution < -0.4 is 10.2 Å². The van der Waals surface area contributed by atoms with E-state index in [1.54, 1.807) is 0 Å². The van der Waals surface area contributed by atoms with E-state index in [0.717, 1.165) is 6.07 Å². The summed E-state index contributed by atoms with van der Waals surface area (Å²) in [5.41, 5.74) is -0.561. The molecule has 1 aromatic carbocycles. The molecule has 0 saturated carbocycles. The van der Waals surface area contributed by atoms with Crippen LogP contribution >= 0.6 is 0 Å². The van der Waals surface area contributed by atoms with Crippen molar-refractivity contribution in [3.8, 4) is 0 Å². The van der Waals surface area contributed by atoms with Crippen LogP contribution in [0.2, 0.25) is 0 Å². The van der Waals surface area contributed by atoms with Gasteiger partial charge in [0.15, 0.2) is 0 Å². The molecule has 18 heavy (non-hydrogen) atoms. The van der Waals surface area contributed by atoms with Crippen LogP contribution in [0.25, 0.3) is 0 Å². The van der Waals surface area contributed by atoms with E-state index in [1.807, 2.05) is 0 Å². The first-order valence-electron chi connectivity index (χ1n) is 4.93. The van der Waals surface area contributed by atoms with Crippen molar-refractivity contribution in [2.75, 3.05) is 18.1 Å². The predicted octanol–water partition coefficient (Wildman–Crippen LogP) is 0.397. The number of anilines is 1. The Kier molecular flexibility index (Phi) is 2.80. The maximum absolute atomic E-state index is 11.1. The summed E-state index contributed by atoms with van der Waals surface area (Å²) >= 11 is 0. The summed E-state index contributed by atoms with van der Waals surface area (Å²) in [5, 5.41) is 24.0. The molecule has 0 radical (unpaired) electrons. The molecule has 1 N–H and O–H groups in total. The molecule has 0 unspecified atom stereocenters. The van der Waals surface area contributed by atoms with Crippen LogP contribution in [0.3, 0.4) is 0 Å². The summed E-state index contributed by atoms with van der Waals surface area (Å²) in [6.07, 6.45) is 0. The molecule has 1 fully saturated rings. The molecule has 0 spiro atoms. The minimum atomic E-state index is -0.704. The molecular formula is C9H8N4O5. The SMILES string of the molecule is O=C1CN(c2ccc([N+](=O)[O-])cc2[N+](=O)[O-])CN1. The first-order chi connectivity index (χ1) is 8.49. The highest BCUT2D eigenvalue weighted by Crippen LogP contribution is 2.32. The zero-order valence-electron chi connectivity index (χ0n) is 9.03. The first-order valence-corrected chi connectivity index (χ1v) is 4.93. The molecule has 0 aliphatic carbocycles. The fraction of sp³-hybridized carbons (Fsp3) is 0.222. The van der Waals surface area contributed by atoms with E-state index in [4.69, 9.17) is 0 Å². The largest absolute Gasteiger partial charge is 0.339 e. The lowest BCUT2D eigenvalue weighted by Crippen LogP contribution is -2.21. The molecule has 1 saturated heterocycles. The third-order valence-corrected chi connectivity index (χ3v) is 2.51. The maximum Gasteiger partial charge on any atom is 0.299 e. The zero-order chi connectivity index (χ0) is 13.3. The quantitative estimate of drug-likeness (QED) is 0.614. The maximum atomic E-state index is 11.1. The number of benzene rings is 1. The van der Waals surface area contributed by atoms with Crippen molar-refractivity contribution >= 4 is 23.0 Å². The summed E-state index contributed by atoms with van der Waals surface area (Å²) in [4.78, 5) is 32.5. The number of amides is 1. The van der Waals surface area contributed by atoms with Gasteiger partial charge >= 0.3 is 0 Å². The van der Waals surface area contributed by atoms with Crippen LogP contribution in [-0.2, 0) is 4.79 Å². The van der Waals surface area contributed by atoms with Crippen molar-refractivity contribution in [1.82, 2.24) is 5.32 Å². The number of nitrogens with one attached hydrogen (secondary N) is 1. The van der Waals surface area contributed by atoms with Crippen LogP contribution in [0.4, 0.5) is 17.1 Å². The number of nitro benzene ring substituents is 2. The van der Waals surface area contributed by atoms with E-state index in [0.29, 0.717) is 0 Å². The molecule has 0 aromatic heterocycles. The number of non-ortho nitro benzene ring substituents is 1. The summed E-state index contributed by atoms with van der Waals surface area (Å²) in [7, 11) is 0. The standard InChI is InChI=1S/C9H8N4O5/c14-9-4-11(5-10-9)7-2-1-6(12(15)16)3-8(7)13(17)18/h1-3H,4-5H2,(H,10,14).